The molecular formula is C17H25ClN2O. The molecule has 2 heterocycles. The number of carbonyl (C=O) groups is 1. The molecule has 1 N–H and O–H groups in total. The van der Waals surface area contributed by atoms with Crippen LogP contribution in [0.3, 0.4) is 0 Å². The largest absolute Gasteiger partial charge is 0.329 e. The number of piperazine rings is 1. The number of aryl methyl sites for hydroxylation is 1. The van der Waals surface area contributed by atoms with Crippen LogP contribution >= 0.6 is 12.4 Å². The highest BCUT2D eigenvalue weighted by molar-refractivity contribution is 6.01. The second-order valence-electron chi connectivity index (χ2n) is 6.39. The lowest BCUT2D eigenvalue weighted by Crippen LogP contribution is -2.44. The van der Waals surface area contributed by atoms with Crippen LogP contribution in [0.5, 0.6) is 0 Å². The average molecular weight is 309 g/mol. The van der Waals surface area contributed by atoms with Crippen molar-refractivity contribution in [2.45, 2.75) is 39.7 Å². The Hall–Kier alpha value is -1.06. The van der Waals surface area contributed by atoms with E-state index in [1.807, 2.05) is 0 Å². The summed E-state index contributed by atoms with van der Waals surface area (Å²) < 4.78 is 0. The molecule has 1 aromatic rings. The number of nitrogens with zero attached hydrogens (tertiary/aromatic N) is 1. The van der Waals surface area contributed by atoms with Crippen LogP contribution in [0.15, 0.2) is 12.1 Å². The number of hydrogen-bond donors (Lipinski definition) is 1. The average Bonchev–Trinajstić information content (AvgIpc) is 2.72. The van der Waals surface area contributed by atoms with Crippen molar-refractivity contribution >= 4 is 18.3 Å². The van der Waals surface area contributed by atoms with Gasteiger partial charge in [0.2, 0.25) is 0 Å². The van der Waals surface area contributed by atoms with Crippen molar-refractivity contribution in [2.75, 3.05) is 19.6 Å². The number of rotatable bonds is 3. The molecule has 1 fully saturated rings. The summed E-state index contributed by atoms with van der Waals surface area (Å²) in [6.45, 7) is 9.28. The van der Waals surface area contributed by atoms with Gasteiger partial charge in [0.05, 0.1) is 6.04 Å². The molecule has 0 aromatic heterocycles. The van der Waals surface area contributed by atoms with E-state index in [-0.39, 0.29) is 24.4 Å². The molecule has 116 valence electrons. The fourth-order valence-corrected chi connectivity index (χ4v) is 3.49. The van der Waals surface area contributed by atoms with Gasteiger partial charge in [0.1, 0.15) is 0 Å². The molecule has 0 radical (unpaired) electrons. The van der Waals surface area contributed by atoms with Crippen LogP contribution in [0, 0.1) is 5.92 Å². The van der Waals surface area contributed by atoms with Crippen LogP contribution < -0.4 is 5.32 Å². The summed E-state index contributed by atoms with van der Waals surface area (Å²) in [7, 11) is 0. The van der Waals surface area contributed by atoms with Gasteiger partial charge in [-0.2, -0.15) is 0 Å². The summed E-state index contributed by atoms with van der Waals surface area (Å²) in [5, 5.41) is 3.42. The van der Waals surface area contributed by atoms with E-state index in [1.165, 1.54) is 16.7 Å². The topological polar surface area (TPSA) is 32.3 Å². The molecule has 0 saturated carbocycles. The molecule has 2 aliphatic heterocycles. The van der Waals surface area contributed by atoms with Crippen molar-refractivity contribution in [1.29, 1.82) is 0 Å². The maximum Gasteiger partial charge on any atom is 0.255 e. The Morgan fingerprint density at radius 2 is 2.14 bits per heavy atom. The first-order chi connectivity index (χ1) is 9.61. The Balaban J connectivity index is 0.00000161. The molecular weight excluding hydrogens is 284 g/mol. The lowest BCUT2D eigenvalue weighted by Gasteiger charge is -2.30. The van der Waals surface area contributed by atoms with Gasteiger partial charge >= 0.3 is 0 Å². The minimum absolute atomic E-state index is 0. The van der Waals surface area contributed by atoms with Crippen molar-refractivity contribution in [3.8, 4) is 0 Å². The molecule has 2 aliphatic rings. The van der Waals surface area contributed by atoms with Crippen LogP contribution in [0.25, 0.3) is 0 Å². The molecule has 3 nitrogen and oxygen atoms in total. The smallest absolute Gasteiger partial charge is 0.255 e. The molecule has 4 heteroatoms. The van der Waals surface area contributed by atoms with Crippen LogP contribution in [0.1, 0.15) is 53.9 Å². The number of amides is 1. The van der Waals surface area contributed by atoms with Crippen LogP contribution in [0.4, 0.5) is 0 Å². The number of carbonyl (C=O) groups excluding carboxylic acids is 1. The van der Waals surface area contributed by atoms with Crippen molar-refractivity contribution in [2.24, 2.45) is 5.92 Å². The fraction of sp³-hybridized carbons (Fsp3) is 0.588. The van der Waals surface area contributed by atoms with Gasteiger partial charge in [-0.25, -0.2) is 0 Å². The quantitative estimate of drug-likeness (QED) is 0.931. The number of fused-ring (bicyclic) bond motifs is 3. The highest BCUT2D eigenvalue weighted by atomic mass is 35.5. The third kappa shape index (κ3) is 2.82. The van der Waals surface area contributed by atoms with E-state index in [1.54, 1.807) is 0 Å². The summed E-state index contributed by atoms with van der Waals surface area (Å²) in [6.07, 6.45) is 2.03. The molecule has 21 heavy (non-hydrogen) atoms. The molecule has 3 rings (SSSR count). The van der Waals surface area contributed by atoms with Crippen molar-refractivity contribution in [3.05, 3.63) is 34.4 Å². The maximum atomic E-state index is 12.7. The third-order valence-electron chi connectivity index (χ3n) is 4.42. The first-order valence-electron chi connectivity index (χ1n) is 7.79. The highest BCUT2D eigenvalue weighted by Gasteiger charge is 2.39. The summed E-state index contributed by atoms with van der Waals surface area (Å²) in [4.78, 5) is 14.8. The minimum Gasteiger partial charge on any atom is -0.329 e. The SMILES string of the molecule is CCc1cc(CC(C)C)c2c(c1)[C@@H]1CNCCN1C2=O.Cl. The Morgan fingerprint density at radius 1 is 1.38 bits per heavy atom. The van der Waals surface area contributed by atoms with Crippen molar-refractivity contribution in [1.82, 2.24) is 10.2 Å². The molecule has 1 aromatic carbocycles. The van der Waals surface area contributed by atoms with E-state index in [0.29, 0.717) is 5.92 Å². The summed E-state index contributed by atoms with van der Waals surface area (Å²) in [5.74, 6) is 0.833. The molecule has 1 amide bonds. The lowest BCUT2D eigenvalue weighted by molar-refractivity contribution is 0.0690. The third-order valence-corrected chi connectivity index (χ3v) is 4.42. The second kappa shape index (κ2) is 6.37. The van der Waals surface area contributed by atoms with E-state index >= 15 is 0 Å². The monoisotopic (exact) mass is 308 g/mol. The van der Waals surface area contributed by atoms with Crippen LogP contribution in [-0.4, -0.2) is 30.4 Å². The summed E-state index contributed by atoms with van der Waals surface area (Å²) >= 11 is 0. The lowest BCUT2D eigenvalue weighted by atomic mass is 9.90. The van der Waals surface area contributed by atoms with Gasteiger partial charge in [-0.05, 0) is 35.4 Å². The first-order valence-corrected chi connectivity index (χ1v) is 7.79. The van der Waals surface area contributed by atoms with E-state index in [4.69, 9.17) is 0 Å². The van der Waals surface area contributed by atoms with Gasteiger partial charge in [-0.3, -0.25) is 4.79 Å². The van der Waals surface area contributed by atoms with Crippen molar-refractivity contribution in [3.63, 3.8) is 0 Å². The van der Waals surface area contributed by atoms with Gasteiger partial charge in [0.25, 0.3) is 5.91 Å². The van der Waals surface area contributed by atoms with Crippen molar-refractivity contribution < 1.29 is 4.79 Å². The zero-order valence-corrected chi connectivity index (χ0v) is 13.9. The molecule has 0 spiro atoms. The molecule has 0 bridgehead atoms. The Labute approximate surface area is 133 Å². The number of benzene rings is 1. The molecule has 0 unspecified atom stereocenters. The van der Waals surface area contributed by atoms with Crippen LogP contribution in [-0.2, 0) is 12.8 Å². The Bertz CT molecular complexity index is 542. The van der Waals surface area contributed by atoms with Crippen LogP contribution in [0.2, 0.25) is 0 Å². The number of hydrogen-bond acceptors (Lipinski definition) is 2. The van der Waals surface area contributed by atoms with E-state index < -0.39 is 0 Å². The normalized spacial score (nSPS) is 20.3. The Kier molecular flexibility index (Phi) is 4.95. The minimum atomic E-state index is 0. The predicted molar refractivity (Wildman–Crippen MR) is 88.3 cm³/mol. The maximum absolute atomic E-state index is 12.7. The predicted octanol–water partition coefficient (Wildman–Crippen LogP) is 2.97. The molecule has 1 atom stereocenters. The first kappa shape index (κ1) is 16.3. The highest BCUT2D eigenvalue weighted by Crippen LogP contribution is 2.37. The molecule has 1 saturated heterocycles. The van der Waals surface area contributed by atoms with Gasteiger partial charge in [-0.1, -0.05) is 32.9 Å². The zero-order valence-electron chi connectivity index (χ0n) is 13.1. The van der Waals surface area contributed by atoms with Gasteiger partial charge in [0, 0.05) is 25.2 Å². The van der Waals surface area contributed by atoms with E-state index in [9.17, 15) is 4.79 Å². The standard InChI is InChI=1S/C17H24N2O.ClH/c1-4-12-8-13(7-11(2)3)16-14(9-12)15-10-18-5-6-19(15)17(16)20;/h8-9,11,15,18H,4-7,10H2,1-3H3;1H/t15-;/m0./s1. The summed E-state index contributed by atoms with van der Waals surface area (Å²) in [6, 6.07) is 4.76. The number of halogens is 1. The van der Waals surface area contributed by atoms with E-state index in [2.05, 4.69) is 43.1 Å². The zero-order chi connectivity index (χ0) is 14.3. The van der Waals surface area contributed by atoms with Gasteiger partial charge in [0.15, 0.2) is 0 Å². The summed E-state index contributed by atoms with van der Waals surface area (Å²) in [5.41, 5.74) is 4.88. The van der Waals surface area contributed by atoms with Gasteiger partial charge in [-0.15, -0.1) is 12.4 Å². The Morgan fingerprint density at radius 3 is 2.81 bits per heavy atom. The number of nitrogens with one attached hydrogen (secondary N) is 1. The van der Waals surface area contributed by atoms with Gasteiger partial charge < -0.3 is 10.2 Å². The second-order valence-corrected chi connectivity index (χ2v) is 6.39. The van der Waals surface area contributed by atoms with E-state index in [0.717, 1.165) is 38.0 Å². The fourth-order valence-electron chi connectivity index (χ4n) is 3.49. The molecule has 0 aliphatic carbocycles.